The minimum atomic E-state index is -1.58. The maximum atomic E-state index is 12.2. The van der Waals surface area contributed by atoms with E-state index in [0.717, 1.165) is 0 Å². The van der Waals surface area contributed by atoms with Crippen LogP contribution in [0.5, 0.6) is 0 Å². The number of amides is 1. The SMILES string of the molecule is COC(=O)c1ccc(C(=O)N[C@@H]2O[C@H](CO)[C@@H](O)[C@H](O)[C@H]2O)cc1. The highest BCUT2D eigenvalue weighted by atomic mass is 16.6. The van der Waals surface area contributed by atoms with Gasteiger partial charge < -0.3 is 35.2 Å². The number of rotatable bonds is 4. The van der Waals surface area contributed by atoms with Crippen LogP contribution >= 0.6 is 0 Å². The zero-order valence-electron chi connectivity index (χ0n) is 12.8. The van der Waals surface area contributed by atoms with Gasteiger partial charge in [0.15, 0.2) is 6.23 Å². The Morgan fingerprint density at radius 2 is 1.67 bits per heavy atom. The molecule has 9 nitrogen and oxygen atoms in total. The third kappa shape index (κ3) is 3.71. The molecular formula is C15H19NO8. The van der Waals surface area contributed by atoms with Crippen molar-refractivity contribution in [2.75, 3.05) is 13.7 Å². The standard InChI is InChI=1S/C15H19NO8/c1-23-15(22)8-4-2-7(3-5-8)13(21)16-14-12(20)11(19)10(18)9(6-17)24-14/h2-5,9-12,14,17-20H,6H2,1H3,(H,16,21)/t9-,10-,11+,12-,14-/m1/s1. The van der Waals surface area contributed by atoms with Gasteiger partial charge >= 0.3 is 5.97 Å². The molecule has 2 rings (SSSR count). The molecule has 1 fully saturated rings. The second kappa shape index (κ2) is 7.69. The van der Waals surface area contributed by atoms with Crippen LogP contribution in [0.1, 0.15) is 20.7 Å². The summed E-state index contributed by atoms with van der Waals surface area (Å²) < 4.78 is 9.74. The summed E-state index contributed by atoms with van der Waals surface area (Å²) in [6.07, 6.45) is -7.08. The van der Waals surface area contributed by atoms with Crippen LogP contribution in [0.15, 0.2) is 24.3 Å². The first-order valence-electron chi connectivity index (χ1n) is 7.18. The average molecular weight is 341 g/mol. The predicted octanol–water partition coefficient (Wildman–Crippen LogP) is -2.00. The zero-order chi connectivity index (χ0) is 17.9. The maximum Gasteiger partial charge on any atom is 0.337 e. The largest absolute Gasteiger partial charge is 0.465 e. The quantitative estimate of drug-likeness (QED) is 0.395. The van der Waals surface area contributed by atoms with Crippen molar-refractivity contribution in [3.63, 3.8) is 0 Å². The smallest absolute Gasteiger partial charge is 0.337 e. The van der Waals surface area contributed by atoms with E-state index in [9.17, 15) is 24.9 Å². The fourth-order valence-electron chi connectivity index (χ4n) is 2.31. The molecule has 0 radical (unpaired) electrons. The van der Waals surface area contributed by atoms with Crippen molar-refractivity contribution in [3.8, 4) is 0 Å². The third-order valence-corrected chi connectivity index (χ3v) is 3.73. The summed E-state index contributed by atoms with van der Waals surface area (Å²) in [5.74, 6) is -1.17. The summed E-state index contributed by atoms with van der Waals surface area (Å²) in [5.41, 5.74) is 0.446. The lowest BCUT2D eigenvalue weighted by Gasteiger charge is -2.40. The Morgan fingerprint density at radius 3 is 2.21 bits per heavy atom. The van der Waals surface area contributed by atoms with Crippen molar-refractivity contribution in [1.29, 1.82) is 0 Å². The number of carbonyl (C=O) groups is 2. The van der Waals surface area contributed by atoms with Gasteiger partial charge in [-0.15, -0.1) is 0 Å². The number of ether oxygens (including phenoxy) is 2. The molecule has 1 aliphatic rings. The first kappa shape index (κ1) is 18.3. The number of carbonyl (C=O) groups excluding carboxylic acids is 2. The van der Waals surface area contributed by atoms with Crippen LogP contribution in [0.2, 0.25) is 0 Å². The molecule has 5 N–H and O–H groups in total. The molecule has 24 heavy (non-hydrogen) atoms. The van der Waals surface area contributed by atoms with E-state index in [4.69, 9.17) is 9.84 Å². The van der Waals surface area contributed by atoms with Crippen LogP contribution in [0, 0.1) is 0 Å². The molecular weight excluding hydrogens is 322 g/mol. The molecule has 1 aliphatic heterocycles. The van der Waals surface area contributed by atoms with Crippen molar-refractivity contribution in [1.82, 2.24) is 5.32 Å². The van der Waals surface area contributed by atoms with E-state index in [1.807, 2.05) is 0 Å². The summed E-state index contributed by atoms with van der Waals surface area (Å²) in [4.78, 5) is 23.5. The number of aliphatic hydroxyl groups is 4. The van der Waals surface area contributed by atoms with Gasteiger partial charge in [0.25, 0.3) is 5.91 Å². The van der Waals surface area contributed by atoms with Crippen LogP contribution in [0.4, 0.5) is 0 Å². The van der Waals surface area contributed by atoms with Crippen LogP contribution in [-0.4, -0.2) is 76.7 Å². The molecule has 0 unspecified atom stereocenters. The number of hydrogen-bond acceptors (Lipinski definition) is 8. The second-order valence-electron chi connectivity index (χ2n) is 5.29. The fourth-order valence-corrected chi connectivity index (χ4v) is 2.31. The number of benzene rings is 1. The number of aliphatic hydroxyl groups excluding tert-OH is 4. The molecule has 0 aromatic heterocycles. The van der Waals surface area contributed by atoms with Gasteiger partial charge in [-0.05, 0) is 24.3 Å². The van der Waals surface area contributed by atoms with Crippen molar-refractivity contribution < 1.29 is 39.5 Å². The Labute approximate surface area is 137 Å². The number of methoxy groups -OCH3 is 1. The van der Waals surface area contributed by atoms with E-state index < -0.39 is 49.1 Å². The lowest BCUT2D eigenvalue weighted by molar-refractivity contribution is -0.233. The Morgan fingerprint density at radius 1 is 1.08 bits per heavy atom. The van der Waals surface area contributed by atoms with Crippen LogP contribution in [0.25, 0.3) is 0 Å². The van der Waals surface area contributed by atoms with E-state index in [1.165, 1.54) is 31.4 Å². The highest BCUT2D eigenvalue weighted by Gasteiger charge is 2.44. The Hall–Kier alpha value is -2.04. The first-order chi connectivity index (χ1) is 11.4. The molecule has 1 aromatic carbocycles. The number of nitrogens with one attached hydrogen (secondary N) is 1. The van der Waals surface area contributed by atoms with Crippen LogP contribution in [-0.2, 0) is 9.47 Å². The zero-order valence-corrected chi connectivity index (χ0v) is 12.8. The summed E-state index contributed by atoms with van der Waals surface area (Å²) in [5, 5.41) is 40.7. The van der Waals surface area contributed by atoms with Crippen molar-refractivity contribution >= 4 is 11.9 Å². The van der Waals surface area contributed by atoms with Crippen molar-refractivity contribution in [2.24, 2.45) is 0 Å². The summed E-state index contributed by atoms with van der Waals surface area (Å²) in [6, 6.07) is 5.55. The molecule has 132 valence electrons. The minimum Gasteiger partial charge on any atom is -0.465 e. The molecule has 1 saturated heterocycles. The minimum absolute atomic E-state index is 0.180. The van der Waals surface area contributed by atoms with E-state index in [1.54, 1.807) is 0 Å². The molecule has 1 amide bonds. The van der Waals surface area contributed by atoms with E-state index in [-0.39, 0.29) is 11.1 Å². The van der Waals surface area contributed by atoms with E-state index in [0.29, 0.717) is 0 Å². The monoisotopic (exact) mass is 341 g/mol. The van der Waals surface area contributed by atoms with E-state index >= 15 is 0 Å². The molecule has 1 aromatic rings. The highest BCUT2D eigenvalue weighted by Crippen LogP contribution is 2.20. The number of hydrogen-bond donors (Lipinski definition) is 5. The summed E-state index contributed by atoms with van der Waals surface area (Å²) in [7, 11) is 1.24. The van der Waals surface area contributed by atoms with Crippen molar-refractivity contribution in [2.45, 2.75) is 30.6 Å². The van der Waals surface area contributed by atoms with Gasteiger partial charge in [0.1, 0.15) is 24.4 Å². The molecule has 0 spiro atoms. The molecule has 1 heterocycles. The summed E-state index contributed by atoms with van der Waals surface area (Å²) in [6.45, 7) is -0.592. The molecule has 0 bridgehead atoms. The predicted molar refractivity (Wildman–Crippen MR) is 79.0 cm³/mol. The molecule has 0 saturated carbocycles. The van der Waals surface area contributed by atoms with Crippen LogP contribution < -0.4 is 5.32 Å². The molecule has 0 aliphatic carbocycles. The third-order valence-electron chi connectivity index (χ3n) is 3.73. The Kier molecular flexibility index (Phi) is 5.86. The lowest BCUT2D eigenvalue weighted by atomic mass is 9.98. The fraction of sp³-hybridized carbons (Fsp3) is 0.467. The van der Waals surface area contributed by atoms with Gasteiger partial charge in [-0.1, -0.05) is 0 Å². The molecule has 5 atom stereocenters. The van der Waals surface area contributed by atoms with Gasteiger partial charge in [-0.25, -0.2) is 4.79 Å². The topological polar surface area (TPSA) is 146 Å². The van der Waals surface area contributed by atoms with Gasteiger partial charge in [0, 0.05) is 5.56 Å². The number of esters is 1. The Bertz CT molecular complexity index is 588. The average Bonchev–Trinajstić information content (AvgIpc) is 2.61. The summed E-state index contributed by atoms with van der Waals surface area (Å²) >= 11 is 0. The van der Waals surface area contributed by atoms with Gasteiger partial charge in [-0.2, -0.15) is 0 Å². The maximum absolute atomic E-state index is 12.2. The second-order valence-corrected chi connectivity index (χ2v) is 5.29. The molecule has 9 heteroatoms. The van der Waals surface area contributed by atoms with E-state index in [2.05, 4.69) is 10.1 Å². The van der Waals surface area contributed by atoms with Crippen LogP contribution in [0.3, 0.4) is 0 Å². The normalized spacial score (nSPS) is 29.8. The van der Waals surface area contributed by atoms with Gasteiger partial charge in [-0.3, -0.25) is 4.79 Å². The van der Waals surface area contributed by atoms with Gasteiger partial charge in [0.2, 0.25) is 0 Å². The Balaban J connectivity index is 2.07. The lowest BCUT2D eigenvalue weighted by Crippen LogP contribution is -2.63. The highest BCUT2D eigenvalue weighted by molar-refractivity contribution is 5.96. The van der Waals surface area contributed by atoms with Crippen molar-refractivity contribution in [3.05, 3.63) is 35.4 Å². The first-order valence-corrected chi connectivity index (χ1v) is 7.18. The van der Waals surface area contributed by atoms with Gasteiger partial charge in [0.05, 0.1) is 19.3 Å².